The van der Waals surface area contributed by atoms with Crippen LogP contribution >= 0.6 is 0 Å². The molecule has 0 unspecified atom stereocenters. The first-order chi connectivity index (χ1) is 6.09. The Labute approximate surface area is 75.8 Å². The zero-order valence-electron chi connectivity index (χ0n) is 6.62. The van der Waals surface area contributed by atoms with Gasteiger partial charge in [0.1, 0.15) is 0 Å². The topological polar surface area (TPSA) is 80.5 Å². The molecule has 0 bridgehead atoms. The lowest BCUT2D eigenvalue weighted by Gasteiger charge is -2.10. The van der Waals surface area contributed by atoms with Crippen LogP contribution < -0.4 is 5.84 Å². The summed E-state index contributed by atoms with van der Waals surface area (Å²) in [6, 6.07) is 7.48. The second-order valence-corrected chi connectivity index (χ2v) is 4.10. The highest BCUT2D eigenvalue weighted by molar-refractivity contribution is 7.89. The van der Waals surface area contributed by atoms with E-state index in [1.54, 1.807) is 18.2 Å². The molecule has 1 aromatic rings. The van der Waals surface area contributed by atoms with Crippen LogP contribution in [0.15, 0.2) is 35.2 Å². The molecule has 0 fully saturated rings. The standard InChI is InChI=1S/C7H8N2O3S/c8-9(6-10)13(11,12)7-4-2-1-3-5-7/h1-6H,8H2. The van der Waals surface area contributed by atoms with Gasteiger partial charge in [-0.25, -0.2) is 5.84 Å². The van der Waals surface area contributed by atoms with E-state index in [0.29, 0.717) is 0 Å². The number of nitrogens with zero attached hydrogens (tertiary/aromatic N) is 1. The third-order valence-electron chi connectivity index (χ3n) is 1.42. The highest BCUT2D eigenvalue weighted by atomic mass is 32.2. The Hall–Kier alpha value is -1.40. The SMILES string of the molecule is NN(C=O)S(=O)(=O)c1ccccc1. The van der Waals surface area contributed by atoms with Gasteiger partial charge in [-0.05, 0) is 12.1 Å². The largest absolute Gasteiger partial charge is 0.279 e. The van der Waals surface area contributed by atoms with Crippen LogP contribution in [0.3, 0.4) is 0 Å². The maximum atomic E-state index is 11.3. The van der Waals surface area contributed by atoms with Gasteiger partial charge in [0.25, 0.3) is 10.0 Å². The molecule has 0 spiro atoms. The number of carbonyl (C=O) groups excluding carboxylic acids is 1. The first kappa shape index (κ1) is 9.69. The Morgan fingerprint density at radius 1 is 1.23 bits per heavy atom. The van der Waals surface area contributed by atoms with Crippen LogP contribution in [-0.2, 0) is 14.8 Å². The summed E-state index contributed by atoms with van der Waals surface area (Å²) in [6.45, 7) is 0. The van der Waals surface area contributed by atoms with Crippen LogP contribution in [0.4, 0.5) is 0 Å². The van der Waals surface area contributed by atoms with Crippen molar-refractivity contribution in [2.75, 3.05) is 0 Å². The number of hydrogen-bond donors (Lipinski definition) is 1. The Kier molecular flexibility index (Phi) is 2.64. The quantitative estimate of drug-likeness (QED) is 0.314. The van der Waals surface area contributed by atoms with Crippen molar-refractivity contribution in [2.45, 2.75) is 4.90 Å². The number of carbonyl (C=O) groups is 1. The fourth-order valence-electron chi connectivity index (χ4n) is 0.771. The predicted molar refractivity (Wildman–Crippen MR) is 45.7 cm³/mol. The molecule has 0 saturated carbocycles. The molecule has 1 amide bonds. The summed E-state index contributed by atoms with van der Waals surface area (Å²) in [7, 11) is -3.85. The zero-order chi connectivity index (χ0) is 9.90. The Morgan fingerprint density at radius 3 is 2.23 bits per heavy atom. The predicted octanol–water partition coefficient (Wildman–Crippen LogP) is -0.293. The molecule has 5 nitrogen and oxygen atoms in total. The smallest absolute Gasteiger partial charge is 0.276 e. The molecular formula is C7H8N2O3S. The lowest BCUT2D eigenvalue weighted by atomic mass is 10.4. The second-order valence-electron chi connectivity index (χ2n) is 2.25. The number of rotatable bonds is 3. The van der Waals surface area contributed by atoms with Gasteiger partial charge in [0.2, 0.25) is 6.41 Å². The first-order valence-electron chi connectivity index (χ1n) is 3.38. The minimum atomic E-state index is -3.85. The van der Waals surface area contributed by atoms with Crippen molar-refractivity contribution in [3.05, 3.63) is 30.3 Å². The molecular weight excluding hydrogens is 192 g/mol. The van der Waals surface area contributed by atoms with E-state index in [1.807, 2.05) is 0 Å². The normalized spacial score (nSPS) is 10.8. The lowest BCUT2D eigenvalue weighted by molar-refractivity contribution is -0.114. The number of nitrogens with two attached hydrogens (primary N) is 1. The molecule has 0 aliphatic rings. The van der Waals surface area contributed by atoms with E-state index >= 15 is 0 Å². The molecule has 0 saturated heterocycles. The average Bonchev–Trinajstić information content (AvgIpc) is 2.18. The van der Waals surface area contributed by atoms with Crippen molar-refractivity contribution in [3.8, 4) is 0 Å². The van der Waals surface area contributed by atoms with E-state index in [0.717, 1.165) is 0 Å². The number of benzene rings is 1. The Balaban J connectivity index is 3.16. The van der Waals surface area contributed by atoms with Gasteiger partial charge in [-0.3, -0.25) is 4.79 Å². The van der Waals surface area contributed by atoms with Gasteiger partial charge in [-0.15, -0.1) is 0 Å². The van der Waals surface area contributed by atoms with Gasteiger partial charge in [0.15, 0.2) is 0 Å². The average molecular weight is 200 g/mol. The van der Waals surface area contributed by atoms with Gasteiger partial charge in [0.05, 0.1) is 4.90 Å². The van der Waals surface area contributed by atoms with Crippen LogP contribution in [0.5, 0.6) is 0 Å². The maximum absolute atomic E-state index is 11.3. The molecule has 1 aromatic carbocycles. The van der Waals surface area contributed by atoms with Gasteiger partial charge in [0, 0.05) is 0 Å². The molecule has 70 valence electrons. The zero-order valence-corrected chi connectivity index (χ0v) is 7.44. The van der Waals surface area contributed by atoms with E-state index in [9.17, 15) is 13.2 Å². The van der Waals surface area contributed by atoms with Crippen LogP contribution in [0.2, 0.25) is 0 Å². The third-order valence-corrected chi connectivity index (χ3v) is 2.93. The van der Waals surface area contributed by atoms with Crippen molar-refractivity contribution < 1.29 is 13.2 Å². The maximum Gasteiger partial charge on any atom is 0.279 e. The third kappa shape index (κ3) is 1.85. The molecule has 0 atom stereocenters. The molecule has 0 heterocycles. The van der Waals surface area contributed by atoms with Crippen molar-refractivity contribution in [1.82, 2.24) is 4.41 Å². The highest BCUT2D eigenvalue weighted by Gasteiger charge is 2.18. The van der Waals surface area contributed by atoms with Gasteiger partial charge >= 0.3 is 0 Å². The molecule has 0 aliphatic carbocycles. The summed E-state index contributed by atoms with van der Waals surface area (Å²) in [4.78, 5) is 10.1. The molecule has 6 heteroatoms. The summed E-state index contributed by atoms with van der Waals surface area (Å²) in [6.07, 6.45) is 0.0440. The fraction of sp³-hybridized carbons (Fsp3) is 0. The summed E-state index contributed by atoms with van der Waals surface area (Å²) >= 11 is 0. The molecule has 13 heavy (non-hydrogen) atoms. The monoisotopic (exact) mass is 200 g/mol. The van der Waals surface area contributed by atoms with Crippen molar-refractivity contribution in [1.29, 1.82) is 0 Å². The van der Waals surface area contributed by atoms with E-state index < -0.39 is 10.0 Å². The lowest BCUT2D eigenvalue weighted by Crippen LogP contribution is -2.35. The van der Waals surface area contributed by atoms with Crippen molar-refractivity contribution in [2.24, 2.45) is 5.84 Å². The highest BCUT2D eigenvalue weighted by Crippen LogP contribution is 2.10. The first-order valence-corrected chi connectivity index (χ1v) is 4.82. The molecule has 0 aromatic heterocycles. The molecule has 0 aliphatic heterocycles. The van der Waals surface area contributed by atoms with Crippen molar-refractivity contribution >= 4 is 16.4 Å². The van der Waals surface area contributed by atoms with Crippen LogP contribution in [-0.4, -0.2) is 19.2 Å². The Morgan fingerprint density at radius 2 is 1.77 bits per heavy atom. The minimum absolute atomic E-state index is 0.00963. The molecule has 0 radical (unpaired) electrons. The van der Waals surface area contributed by atoms with Gasteiger partial charge < -0.3 is 0 Å². The van der Waals surface area contributed by atoms with E-state index in [2.05, 4.69) is 0 Å². The number of amides is 1. The van der Waals surface area contributed by atoms with Crippen LogP contribution in [0.1, 0.15) is 0 Å². The van der Waals surface area contributed by atoms with Crippen LogP contribution in [0, 0.1) is 0 Å². The summed E-state index contributed by atoms with van der Waals surface area (Å²) in [5, 5.41) is 0. The van der Waals surface area contributed by atoms with E-state index in [-0.39, 0.29) is 15.7 Å². The van der Waals surface area contributed by atoms with Gasteiger partial charge in [-0.1, -0.05) is 18.2 Å². The number of hydrogen-bond acceptors (Lipinski definition) is 4. The number of sulfonamides is 1. The number of hydrazine groups is 1. The second kappa shape index (κ2) is 3.55. The van der Waals surface area contributed by atoms with Gasteiger partial charge in [-0.2, -0.15) is 12.8 Å². The van der Waals surface area contributed by atoms with E-state index in [4.69, 9.17) is 5.84 Å². The summed E-state index contributed by atoms with van der Waals surface area (Å²) < 4.78 is 22.8. The van der Waals surface area contributed by atoms with E-state index in [1.165, 1.54) is 12.1 Å². The molecule has 1 rings (SSSR count). The fourth-order valence-corrected chi connectivity index (χ4v) is 1.63. The summed E-state index contributed by atoms with van der Waals surface area (Å²) in [5.74, 6) is 4.96. The van der Waals surface area contributed by atoms with Crippen molar-refractivity contribution in [3.63, 3.8) is 0 Å². The minimum Gasteiger partial charge on any atom is -0.276 e. The summed E-state index contributed by atoms with van der Waals surface area (Å²) in [5.41, 5.74) is 0. The molecule has 2 N–H and O–H groups in total. The van der Waals surface area contributed by atoms with Crippen LogP contribution in [0.25, 0.3) is 0 Å². The Bertz CT molecular complexity index is 387.